The molecule has 2 rings (SSSR count). The number of hydrogen-bond donors (Lipinski definition) is 1. The molecule has 1 aliphatic rings. The van der Waals surface area contributed by atoms with E-state index in [1.165, 1.54) is 24.4 Å². The quantitative estimate of drug-likeness (QED) is 0.858. The summed E-state index contributed by atoms with van der Waals surface area (Å²) in [6, 6.07) is 0.610. The van der Waals surface area contributed by atoms with Crippen molar-refractivity contribution in [1.29, 1.82) is 0 Å². The van der Waals surface area contributed by atoms with Crippen molar-refractivity contribution in [2.45, 2.75) is 38.8 Å². The highest BCUT2D eigenvalue weighted by atomic mass is 32.1. The second-order valence-corrected chi connectivity index (χ2v) is 5.08. The number of aromatic nitrogens is 1. The lowest BCUT2D eigenvalue weighted by molar-refractivity contribution is 0.270. The van der Waals surface area contributed by atoms with E-state index in [4.69, 9.17) is 5.73 Å². The molecule has 0 amide bonds. The molecule has 0 bridgehead atoms. The SMILES string of the molecule is CCN1CCCC1c1nc(C(C)N)cs1. The molecule has 2 N–H and O–H groups in total. The van der Waals surface area contributed by atoms with Crippen LogP contribution in [0.3, 0.4) is 0 Å². The average Bonchev–Trinajstić information content (AvgIpc) is 2.85. The summed E-state index contributed by atoms with van der Waals surface area (Å²) in [6.07, 6.45) is 2.55. The van der Waals surface area contributed by atoms with Crippen LogP contribution in [0, 0.1) is 0 Å². The van der Waals surface area contributed by atoms with Gasteiger partial charge in [0.25, 0.3) is 0 Å². The standard InChI is InChI=1S/C11H19N3S/c1-3-14-6-4-5-10(14)11-13-9(7-15-11)8(2)12/h7-8,10H,3-6,12H2,1-2H3. The Kier molecular flexibility index (Phi) is 3.38. The highest BCUT2D eigenvalue weighted by Gasteiger charge is 2.27. The molecule has 1 aromatic rings. The van der Waals surface area contributed by atoms with Crippen molar-refractivity contribution >= 4 is 11.3 Å². The summed E-state index contributed by atoms with van der Waals surface area (Å²) >= 11 is 1.76. The van der Waals surface area contributed by atoms with E-state index < -0.39 is 0 Å². The van der Waals surface area contributed by atoms with Crippen LogP contribution >= 0.6 is 11.3 Å². The Morgan fingerprint density at radius 2 is 2.53 bits per heavy atom. The van der Waals surface area contributed by atoms with E-state index in [9.17, 15) is 0 Å². The van der Waals surface area contributed by atoms with Gasteiger partial charge in [-0.1, -0.05) is 6.92 Å². The molecule has 0 aromatic carbocycles. The zero-order valence-corrected chi connectivity index (χ0v) is 10.3. The molecule has 0 saturated carbocycles. The van der Waals surface area contributed by atoms with Crippen LogP contribution in [-0.4, -0.2) is 23.0 Å². The summed E-state index contributed by atoms with van der Waals surface area (Å²) in [4.78, 5) is 7.15. The maximum atomic E-state index is 5.82. The third-order valence-electron chi connectivity index (χ3n) is 3.06. The minimum atomic E-state index is 0.0616. The lowest BCUT2D eigenvalue weighted by Gasteiger charge is -2.20. The summed E-state index contributed by atoms with van der Waals surface area (Å²) in [5.41, 5.74) is 6.86. The molecule has 1 saturated heterocycles. The van der Waals surface area contributed by atoms with Gasteiger partial charge in [-0.3, -0.25) is 4.90 Å². The Morgan fingerprint density at radius 1 is 1.73 bits per heavy atom. The third kappa shape index (κ3) is 2.22. The van der Waals surface area contributed by atoms with Crippen molar-refractivity contribution in [3.63, 3.8) is 0 Å². The minimum Gasteiger partial charge on any atom is -0.323 e. The Labute approximate surface area is 95.3 Å². The van der Waals surface area contributed by atoms with Crippen LogP contribution in [0.4, 0.5) is 0 Å². The molecule has 2 unspecified atom stereocenters. The first-order chi connectivity index (χ1) is 7.22. The molecule has 1 fully saturated rings. The fraction of sp³-hybridized carbons (Fsp3) is 0.727. The minimum absolute atomic E-state index is 0.0616. The Bertz CT molecular complexity index is 321. The number of nitrogens with zero attached hydrogens (tertiary/aromatic N) is 2. The number of likely N-dealkylation sites (tertiary alicyclic amines) is 1. The van der Waals surface area contributed by atoms with Gasteiger partial charge in [-0.15, -0.1) is 11.3 Å². The van der Waals surface area contributed by atoms with Gasteiger partial charge in [-0.25, -0.2) is 4.98 Å². The monoisotopic (exact) mass is 225 g/mol. The van der Waals surface area contributed by atoms with Crippen molar-refractivity contribution in [1.82, 2.24) is 9.88 Å². The smallest absolute Gasteiger partial charge is 0.110 e. The van der Waals surface area contributed by atoms with Gasteiger partial charge in [0.2, 0.25) is 0 Å². The van der Waals surface area contributed by atoms with Gasteiger partial charge in [-0.05, 0) is 32.9 Å². The first kappa shape index (κ1) is 11.0. The van der Waals surface area contributed by atoms with Crippen LogP contribution in [0.2, 0.25) is 0 Å². The molecule has 4 heteroatoms. The van der Waals surface area contributed by atoms with Crippen LogP contribution in [0.25, 0.3) is 0 Å². The second-order valence-electron chi connectivity index (χ2n) is 4.19. The summed E-state index contributed by atoms with van der Waals surface area (Å²) in [6.45, 7) is 6.55. The fourth-order valence-corrected chi connectivity index (χ4v) is 3.24. The largest absolute Gasteiger partial charge is 0.323 e. The van der Waals surface area contributed by atoms with Gasteiger partial charge in [0.1, 0.15) is 5.01 Å². The van der Waals surface area contributed by atoms with Gasteiger partial charge in [-0.2, -0.15) is 0 Å². The van der Waals surface area contributed by atoms with Crippen molar-refractivity contribution in [3.8, 4) is 0 Å². The third-order valence-corrected chi connectivity index (χ3v) is 4.03. The van der Waals surface area contributed by atoms with E-state index in [-0.39, 0.29) is 6.04 Å². The van der Waals surface area contributed by atoms with E-state index in [1.807, 2.05) is 6.92 Å². The number of nitrogens with two attached hydrogens (primary N) is 1. The van der Waals surface area contributed by atoms with Crippen molar-refractivity contribution in [2.24, 2.45) is 5.73 Å². The lowest BCUT2D eigenvalue weighted by atomic mass is 10.2. The number of hydrogen-bond acceptors (Lipinski definition) is 4. The van der Waals surface area contributed by atoms with Crippen molar-refractivity contribution in [3.05, 3.63) is 16.1 Å². The predicted molar refractivity (Wildman–Crippen MR) is 63.9 cm³/mol. The average molecular weight is 225 g/mol. The molecule has 0 spiro atoms. The molecule has 2 heterocycles. The molecular weight excluding hydrogens is 206 g/mol. The Balaban J connectivity index is 2.14. The summed E-state index contributed by atoms with van der Waals surface area (Å²) in [7, 11) is 0. The Morgan fingerprint density at radius 3 is 3.13 bits per heavy atom. The van der Waals surface area contributed by atoms with Gasteiger partial charge in [0.15, 0.2) is 0 Å². The van der Waals surface area contributed by atoms with Gasteiger partial charge in [0.05, 0.1) is 11.7 Å². The summed E-state index contributed by atoms with van der Waals surface area (Å²) in [5, 5.41) is 3.35. The van der Waals surface area contributed by atoms with Gasteiger partial charge in [0, 0.05) is 11.4 Å². The highest BCUT2D eigenvalue weighted by Crippen LogP contribution is 2.33. The zero-order chi connectivity index (χ0) is 10.8. The van der Waals surface area contributed by atoms with Crippen LogP contribution in [0.15, 0.2) is 5.38 Å². The predicted octanol–water partition coefficient (Wildman–Crippen LogP) is 2.32. The normalized spacial score (nSPS) is 24.6. The molecule has 3 nitrogen and oxygen atoms in total. The van der Waals surface area contributed by atoms with E-state index >= 15 is 0 Å². The van der Waals surface area contributed by atoms with Crippen molar-refractivity contribution in [2.75, 3.05) is 13.1 Å². The Hall–Kier alpha value is -0.450. The van der Waals surface area contributed by atoms with Gasteiger partial charge >= 0.3 is 0 Å². The number of thiazole rings is 1. The topological polar surface area (TPSA) is 42.2 Å². The zero-order valence-electron chi connectivity index (χ0n) is 9.44. The van der Waals surface area contributed by atoms with Gasteiger partial charge < -0.3 is 5.73 Å². The molecule has 2 atom stereocenters. The maximum Gasteiger partial charge on any atom is 0.110 e. The van der Waals surface area contributed by atoms with E-state index in [0.29, 0.717) is 6.04 Å². The molecule has 1 aromatic heterocycles. The van der Waals surface area contributed by atoms with Crippen LogP contribution < -0.4 is 5.73 Å². The summed E-state index contributed by atoms with van der Waals surface area (Å²) < 4.78 is 0. The highest BCUT2D eigenvalue weighted by molar-refractivity contribution is 7.09. The second kappa shape index (κ2) is 4.60. The first-order valence-corrected chi connectivity index (χ1v) is 6.55. The molecule has 15 heavy (non-hydrogen) atoms. The molecule has 84 valence electrons. The molecular formula is C11H19N3S. The first-order valence-electron chi connectivity index (χ1n) is 5.67. The van der Waals surface area contributed by atoms with Crippen LogP contribution in [0.1, 0.15) is 49.5 Å². The van der Waals surface area contributed by atoms with E-state index in [1.54, 1.807) is 11.3 Å². The van der Waals surface area contributed by atoms with Crippen LogP contribution in [-0.2, 0) is 0 Å². The molecule has 0 radical (unpaired) electrons. The van der Waals surface area contributed by atoms with E-state index in [0.717, 1.165) is 12.2 Å². The maximum absolute atomic E-state index is 5.82. The van der Waals surface area contributed by atoms with E-state index in [2.05, 4.69) is 22.2 Å². The fourth-order valence-electron chi connectivity index (χ4n) is 2.15. The van der Waals surface area contributed by atoms with Crippen LogP contribution in [0.5, 0.6) is 0 Å². The molecule has 0 aliphatic carbocycles. The number of rotatable bonds is 3. The van der Waals surface area contributed by atoms with Crippen molar-refractivity contribution < 1.29 is 0 Å². The molecule has 1 aliphatic heterocycles. The lowest BCUT2D eigenvalue weighted by Crippen LogP contribution is -2.22. The summed E-state index contributed by atoms with van der Waals surface area (Å²) in [5.74, 6) is 0.